The lowest BCUT2D eigenvalue weighted by atomic mass is 9.74. The molecule has 20 heavy (non-hydrogen) atoms. The number of nitrogen functional groups attached to an aromatic ring is 1. The largest absolute Gasteiger partial charge is 0.478 e. The SMILES string of the molecule is CCC1(CC)CCN(c2ncc(C(=O)O)cc2N)CC1. The average molecular weight is 277 g/mol. The molecule has 0 saturated carbocycles. The third-order valence-electron chi connectivity index (χ3n) is 4.77. The van der Waals surface area contributed by atoms with Crippen LogP contribution in [0.5, 0.6) is 0 Å². The van der Waals surface area contributed by atoms with E-state index in [1.807, 2.05) is 0 Å². The van der Waals surface area contributed by atoms with Crippen molar-refractivity contribution in [1.82, 2.24) is 4.98 Å². The average Bonchev–Trinajstić information content (AvgIpc) is 2.47. The summed E-state index contributed by atoms with van der Waals surface area (Å²) in [6, 6.07) is 1.49. The Morgan fingerprint density at radius 1 is 1.40 bits per heavy atom. The minimum Gasteiger partial charge on any atom is -0.478 e. The van der Waals surface area contributed by atoms with E-state index in [0.29, 0.717) is 11.1 Å². The van der Waals surface area contributed by atoms with Gasteiger partial charge in [0.05, 0.1) is 11.3 Å². The van der Waals surface area contributed by atoms with Crippen LogP contribution in [-0.2, 0) is 0 Å². The van der Waals surface area contributed by atoms with Gasteiger partial charge in [0, 0.05) is 19.3 Å². The second-order valence-electron chi connectivity index (χ2n) is 5.64. The number of rotatable bonds is 4. The molecule has 5 nitrogen and oxygen atoms in total. The Hall–Kier alpha value is -1.78. The smallest absolute Gasteiger partial charge is 0.337 e. The third kappa shape index (κ3) is 2.71. The van der Waals surface area contributed by atoms with E-state index in [9.17, 15) is 4.79 Å². The molecular formula is C15H23N3O2. The summed E-state index contributed by atoms with van der Waals surface area (Å²) < 4.78 is 0. The molecule has 2 rings (SSSR count). The second-order valence-corrected chi connectivity index (χ2v) is 5.64. The van der Waals surface area contributed by atoms with Gasteiger partial charge in [0.2, 0.25) is 0 Å². The molecule has 0 amide bonds. The summed E-state index contributed by atoms with van der Waals surface area (Å²) in [7, 11) is 0. The lowest BCUT2D eigenvalue weighted by molar-refractivity contribution is 0.0696. The van der Waals surface area contributed by atoms with Crippen LogP contribution >= 0.6 is 0 Å². The van der Waals surface area contributed by atoms with E-state index < -0.39 is 5.97 Å². The van der Waals surface area contributed by atoms with Crippen molar-refractivity contribution in [3.63, 3.8) is 0 Å². The lowest BCUT2D eigenvalue weighted by Crippen LogP contribution is -2.40. The van der Waals surface area contributed by atoms with Gasteiger partial charge >= 0.3 is 5.97 Å². The fourth-order valence-electron chi connectivity index (χ4n) is 3.01. The zero-order valence-corrected chi connectivity index (χ0v) is 12.2. The van der Waals surface area contributed by atoms with Gasteiger partial charge in [-0.3, -0.25) is 0 Å². The van der Waals surface area contributed by atoms with Gasteiger partial charge in [0.15, 0.2) is 5.82 Å². The fourth-order valence-corrected chi connectivity index (χ4v) is 3.01. The van der Waals surface area contributed by atoms with Crippen molar-refractivity contribution in [3.8, 4) is 0 Å². The van der Waals surface area contributed by atoms with Crippen molar-refractivity contribution in [1.29, 1.82) is 0 Å². The van der Waals surface area contributed by atoms with Crippen LogP contribution in [0.3, 0.4) is 0 Å². The van der Waals surface area contributed by atoms with E-state index in [1.165, 1.54) is 25.1 Å². The summed E-state index contributed by atoms with van der Waals surface area (Å²) in [5.41, 5.74) is 6.99. The van der Waals surface area contributed by atoms with Crippen LogP contribution in [0.15, 0.2) is 12.3 Å². The van der Waals surface area contributed by atoms with Crippen molar-refractivity contribution >= 4 is 17.5 Å². The molecule has 0 unspecified atom stereocenters. The maximum atomic E-state index is 10.9. The molecule has 1 aromatic rings. The highest BCUT2D eigenvalue weighted by Crippen LogP contribution is 2.39. The molecule has 1 aromatic heterocycles. The fraction of sp³-hybridized carbons (Fsp3) is 0.600. The Kier molecular flexibility index (Phi) is 4.16. The maximum Gasteiger partial charge on any atom is 0.337 e. The van der Waals surface area contributed by atoms with E-state index in [1.54, 1.807) is 0 Å². The van der Waals surface area contributed by atoms with Crippen LogP contribution in [-0.4, -0.2) is 29.1 Å². The first-order chi connectivity index (χ1) is 9.51. The normalized spacial score (nSPS) is 18.0. The summed E-state index contributed by atoms with van der Waals surface area (Å²) in [5, 5.41) is 8.93. The van der Waals surface area contributed by atoms with Gasteiger partial charge in [-0.25, -0.2) is 9.78 Å². The zero-order chi connectivity index (χ0) is 14.8. The number of nitrogens with zero attached hydrogens (tertiary/aromatic N) is 2. The van der Waals surface area contributed by atoms with Crippen LogP contribution in [0.4, 0.5) is 11.5 Å². The van der Waals surface area contributed by atoms with E-state index in [-0.39, 0.29) is 5.56 Å². The molecule has 5 heteroatoms. The molecule has 1 aliphatic heterocycles. The maximum absolute atomic E-state index is 10.9. The van der Waals surface area contributed by atoms with Gasteiger partial charge in [-0.15, -0.1) is 0 Å². The molecule has 3 N–H and O–H groups in total. The molecular weight excluding hydrogens is 254 g/mol. The molecule has 0 bridgehead atoms. The van der Waals surface area contributed by atoms with E-state index in [4.69, 9.17) is 10.8 Å². The highest BCUT2D eigenvalue weighted by Gasteiger charge is 2.32. The van der Waals surface area contributed by atoms with Gasteiger partial charge in [-0.2, -0.15) is 0 Å². The number of pyridine rings is 1. The molecule has 1 aliphatic rings. The summed E-state index contributed by atoms with van der Waals surface area (Å²) in [4.78, 5) is 17.3. The van der Waals surface area contributed by atoms with Gasteiger partial charge in [0.1, 0.15) is 0 Å². The lowest BCUT2D eigenvalue weighted by Gasteiger charge is -2.41. The number of piperidine rings is 1. The Morgan fingerprint density at radius 2 is 2.00 bits per heavy atom. The Bertz CT molecular complexity index is 488. The number of hydrogen-bond donors (Lipinski definition) is 2. The van der Waals surface area contributed by atoms with Gasteiger partial charge in [0.25, 0.3) is 0 Å². The monoisotopic (exact) mass is 277 g/mol. The first kappa shape index (κ1) is 14.6. The molecule has 0 aromatic carbocycles. The van der Waals surface area contributed by atoms with Crippen LogP contribution < -0.4 is 10.6 Å². The number of anilines is 2. The van der Waals surface area contributed by atoms with Crippen LogP contribution in [0.1, 0.15) is 49.9 Å². The number of carboxylic acids is 1. The first-order valence-corrected chi connectivity index (χ1v) is 7.25. The Labute approximate surface area is 119 Å². The van der Waals surface area contributed by atoms with Crippen LogP contribution in [0, 0.1) is 5.41 Å². The van der Waals surface area contributed by atoms with Gasteiger partial charge in [-0.1, -0.05) is 26.7 Å². The molecule has 2 heterocycles. The standard InChI is InChI=1S/C15H23N3O2/c1-3-15(4-2)5-7-18(8-6-15)13-12(16)9-11(10-17-13)14(19)20/h9-10H,3-8,16H2,1-2H3,(H,19,20). The van der Waals surface area contributed by atoms with Crippen molar-refractivity contribution < 1.29 is 9.90 Å². The van der Waals surface area contributed by atoms with Gasteiger partial charge < -0.3 is 15.7 Å². The van der Waals surface area contributed by atoms with Gasteiger partial charge in [-0.05, 0) is 24.3 Å². The quantitative estimate of drug-likeness (QED) is 0.884. The number of carbonyl (C=O) groups is 1. The highest BCUT2D eigenvalue weighted by molar-refractivity contribution is 5.89. The molecule has 1 saturated heterocycles. The first-order valence-electron chi connectivity index (χ1n) is 7.25. The third-order valence-corrected chi connectivity index (χ3v) is 4.77. The molecule has 0 aliphatic carbocycles. The number of nitrogens with two attached hydrogens (primary N) is 1. The van der Waals surface area contributed by atoms with Crippen molar-refractivity contribution in [3.05, 3.63) is 17.8 Å². The molecule has 1 fully saturated rings. The summed E-state index contributed by atoms with van der Waals surface area (Å²) >= 11 is 0. The Balaban J connectivity index is 2.13. The number of aromatic nitrogens is 1. The predicted octanol–water partition coefficient (Wildman–Crippen LogP) is 2.77. The number of hydrogen-bond acceptors (Lipinski definition) is 4. The molecule has 0 spiro atoms. The summed E-state index contributed by atoms with van der Waals surface area (Å²) in [6.07, 6.45) is 6.08. The minimum atomic E-state index is -0.995. The molecule has 0 radical (unpaired) electrons. The zero-order valence-electron chi connectivity index (χ0n) is 12.2. The van der Waals surface area contributed by atoms with Crippen molar-refractivity contribution in [2.24, 2.45) is 5.41 Å². The summed E-state index contributed by atoms with van der Waals surface area (Å²) in [5.74, 6) is -0.277. The van der Waals surface area contributed by atoms with Crippen molar-refractivity contribution in [2.75, 3.05) is 23.7 Å². The highest BCUT2D eigenvalue weighted by atomic mass is 16.4. The number of aromatic carboxylic acids is 1. The van der Waals surface area contributed by atoms with Crippen LogP contribution in [0.2, 0.25) is 0 Å². The minimum absolute atomic E-state index is 0.139. The molecule has 110 valence electrons. The van der Waals surface area contributed by atoms with Crippen LogP contribution in [0.25, 0.3) is 0 Å². The Morgan fingerprint density at radius 3 is 2.45 bits per heavy atom. The summed E-state index contributed by atoms with van der Waals surface area (Å²) in [6.45, 7) is 6.39. The predicted molar refractivity (Wildman–Crippen MR) is 80.1 cm³/mol. The topological polar surface area (TPSA) is 79.5 Å². The molecule has 0 atom stereocenters. The second kappa shape index (κ2) is 5.69. The van der Waals surface area contributed by atoms with Crippen molar-refractivity contribution in [2.45, 2.75) is 39.5 Å². The van der Waals surface area contributed by atoms with E-state index in [0.717, 1.165) is 31.7 Å². The number of carboxylic acid groups (broad SMARTS) is 1. The van der Waals surface area contributed by atoms with E-state index in [2.05, 4.69) is 23.7 Å². The van der Waals surface area contributed by atoms with E-state index >= 15 is 0 Å².